The molecule has 0 N–H and O–H groups in total. The Balaban J connectivity index is 1.61. The molecule has 0 aliphatic heterocycles. The average Bonchev–Trinajstić information content (AvgIpc) is 3.13. The SMILES string of the molecule is CCc1oc2ccccc2c1CN(C)C(=O)c1cccn(Cc2ccccc2)c1=O. The summed E-state index contributed by atoms with van der Waals surface area (Å²) in [5.41, 5.74) is 2.70. The highest BCUT2D eigenvalue weighted by Crippen LogP contribution is 2.27. The van der Waals surface area contributed by atoms with Crippen molar-refractivity contribution >= 4 is 16.9 Å². The second-order valence-corrected chi connectivity index (χ2v) is 7.36. The van der Waals surface area contributed by atoms with Crippen LogP contribution in [-0.2, 0) is 19.5 Å². The van der Waals surface area contributed by atoms with Crippen molar-refractivity contribution in [1.82, 2.24) is 9.47 Å². The van der Waals surface area contributed by atoms with Crippen molar-refractivity contribution in [3.8, 4) is 0 Å². The van der Waals surface area contributed by atoms with Crippen molar-refractivity contribution in [2.75, 3.05) is 7.05 Å². The van der Waals surface area contributed by atoms with Crippen molar-refractivity contribution in [1.29, 1.82) is 0 Å². The highest BCUT2D eigenvalue weighted by molar-refractivity contribution is 5.94. The predicted molar refractivity (Wildman–Crippen MR) is 118 cm³/mol. The van der Waals surface area contributed by atoms with Crippen LogP contribution in [0.4, 0.5) is 0 Å². The molecular formula is C25H24N2O3. The standard InChI is InChI=1S/C25H24N2O3/c1-3-22-21(19-12-7-8-14-23(19)30-22)17-26(2)24(28)20-13-9-15-27(25(20)29)16-18-10-5-4-6-11-18/h4-15H,3,16-17H2,1-2H3. The van der Waals surface area contributed by atoms with Crippen molar-refractivity contribution in [3.63, 3.8) is 0 Å². The fraction of sp³-hybridized carbons (Fsp3) is 0.200. The van der Waals surface area contributed by atoms with Gasteiger partial charge in [0.1, 0.15) is 16.9 Å². The van der Waals surface area contributed by atoms with Crippen molar-refractivity contribution in [2.24, 2.45) is 0 Å². The van der Waals surface area contributed by atoms with Crippen LogP contribution in [0.1, 0.15) is 34.2 Å². The van der Waals surface area contributed by atoms with Gasteiger partial charge in [-0.1, -0.05) is 55.5 Å². The van der Waals surface area contributed by atoms with Gasteiger partial charge < -0.3 is 13.9 Å². The third kappa shape index (κ3) is 3.79. The molecule has 152 valence electrons. The van der Waals surface area contributed by atoms with Crippen molar-refractivity contribution in [3.05, 3.63) is 106 Å². The lowest BCUT2D eigenvalue weighted by atomic mass is 10.1. The van der Waals surface area contributed by atoms with Gasteiger partial charge >= 0.3 is 0 Å². The molecule has 0 radical (unpaired) electrons. The zero-order valence-electron chi connectivity index (χ0n) is 17.2. The van der Waals surface area contributed by atoms with E-state index in [2.05, 4.69) is 0 Å². The maximum Gasteiger partial charge on any atom is 0.263 e. The molecule has 30 heavy (non-hydrogen) atoms. The summed E-state index contributed by atoms with van der Waals surface area (Å²) < 4.78 is 7.51. The van der Waals surface area contributed by atoms with E-state index in [1.807, 2.05) is 61.5 Å². The number of aromatic nitrogens is 1. The van der Waals surface area contributed by atoms with Gasteiger partial charge in [0.05, 0.1) is 6.54 Å². The number of rotatable bonds is 6. The average molecular weight is 400 g/mol. The topological polar surface area (TPSA) is 55.5 Å². The van der Waals surface area contributed by atoms with E-state index in [0.717, 1.165) is 34.3 Å². The monoisotopic (exact) mass is 400 g/mol. The minimum atomic E-state index is -0.297. The molecule has 0 aliphatic rings. The molecule has 5 heteroatoms. The number of aryl methyl sites for hydroxylation is 1. The van der Waals surface area contributed by atoms with Gasteiger partial charge in [0.25, 0.3) is 11.5 Å². The summed E-state index contributed by atoms with van der Waals surface area (Å²) in [5.74, 6) is 0.570. The lowest BCUT2D eigenvalue weighted by Gasteiger charge is -2.18. The van der Waals surface area contributed by atoms with E-state index < -0.39 is 0 Å². The van der Waals surface area contributed by atoms with Gasteiger partial charge in [-0.2, -0.15) is 0 Å². The largest absolute Gasteiger partial charge is 0.461 e. The van der Waals surface area contributed by atoms with Gasteiger partial charge in [-0.05, 0) is 23.8 Å². The Morgan fingerprint density at radius 1 is 1.00 bits per heavy atom. The zero-order valence-corrected chi connectivity index (χ0v) is 17.2. The maximum absolute atomic E-state index is 13.1. The quantitative estimate of drug-likeness (QED) is 0.480. The highest BCUT2D eigenvalue weighted by Gasteiger charge is 2.20. The van der Waals surface area contributed by atoms with E-state index in [1.54, 1.807) is 34.8 Å². The summed E-state index contributed by atoms with van der Waals surface area (Å²) in [6.45, 7) is 2.84. The van der Waals surface area contributed by atoms with Crippen LogP contribution >= 0.6 is 0 Å². The number of pyridine rings is 1. The number of carbonyl (C=O) groups is 1. The fourth-order valence-electron chi connectivity index (χ4n) is 3.73. The summed E-state index contributed by atoms with van der Waals surface area (Å²) in [5, 5.41) is 1.00. The van der Waals surface area contributed by atoms with E-state index in [1.165, 1.54) is 0 Å². The number of amides is 1. The number of para-hydroxylation sites is 1. The minimum absolute atomic E-state index is 0.168. The molecule has 0 atom stereocenters. The molecule has 5 nitrogen and oxygen atoms in total. The number of fused-ring (bicyclic) bond motifs is 1. The van der Waals surface area contributed by atoms with Crippen LogP contribution in [0.25, 0.3) is 11.0 Å². The van der Waals surface area contributed by atoms with Crippen molar-refractivity contribution in [2.45, 2.75) is 26.4 Å². The first-order valence-electron chi connectivity index (χ1n) is 10.1. The molecule has 0 saturated heterocycles. The first-order valence-corrected chi connectivity index (χ1v) is 10.1. The van der Waals surface area contributed by atoms with Gasteiger partial charge in [-0.15, -0.1) is 0 Å². The van der Waals surface area contributed by atoms with Crippen molar-refractivity contribution < 1.29 is 9.21 Å². The van der Waals surface area contributed by atoms with Crippen LogP contribution in [0.15, 0.2) is 82.1 Å². The van der Waals surface area contributed by atoms with Crippen LogP contribution in [0.2, 0.25) is 0 Å². The summed E-state index contributed by atoms with van der Waals surface area (Å²) in [7, 11) is 1.72. The number of furan rings is 1. The first kappa shape index (κ1) is 19.7. The number of nitrogens with zero attached hydrogens (tertiary/aromatic N) is 2. The molecule has 1 amide bonds. The second kappa shape index (κ2) is 8.41. The second-order valence-electron chi connectivity index (χ2n) is 7.36. The highest BCUT2D eigenvalue weighted by atomic mass is 16.3. The molecule has 0 bridgehead atoms. The van der Waals surface area contributed by atoms with Gasteiger partial charge in [0, 0.05) is 37.2 Å². The zero-order chi connectivity index (χ0) is 21.1. The lowest BCUT2D eigenvalue weighted by molar-refractivity contribution is 0.0782. The summed E-state index contributed by atoms with van der Waals surface area (Å²) in [4.78, 5) is 27.7. The third-order valence-corrected chi connectivity index (χ3v) is 5.29. The van der Waals surface area contributed by atoms with Gasteiger partial charge in [0.2, 0.25) is 0 Å². The van der Waals surface area contributed by atoms with Crippen LogP contribution in [-0.4, -0.2) is 22.4 Å². The Bertz CT molecular complexity index is 1240. The number of carbonyl (C=O) groups excluding carboxylic acids is 1. The molecule has 2 aromatic carbocycles. The third-order valence-electron chi connectivity index (χ3n) is 5.29. The van der Waals surface area contributed by atoms with Gasteiger partial charge in [0.15, 0.2) is 0 Å². The van der Waals surface area contributed by atoms with E-state index >= 15 is 0 Å². The molecule has 2 aromatic heterocycles. The summed E-state index contributed by atoms with van der Waals surface area (Å²) in [6, 6.07) is 20.9. The van der Waals surface area contributed by atoms with Gasteiger partial charge in [-0.25, -0.2) is 0 Å². The van der Waals surface area contributed by atoms with Gasteiger partial charge in [-0.3, -0.25) is 9.59 Å². The van der Waals surface area contributed by atoms with E-state index in [4.69, 9.17) is 4.42 Å². The molecule has 0 unspecified atom stereocenters. The lowest BCUT2D eigenvalue weighted by Crippen LogP contribution is -2.34. The van der Waals surface area contributed by atoms with Crippen LogP contribution in [0.5, 0.6) is 0 Å². The molecule has 4 aromatic rings. The van der Waals surface area contributed by atoms with Crippen LogP contribution < -0.4 is 5.56 Å². The van der Waals surface area contributed by atoms with Crippen LogP contribution in [0, 0.1) is 0 Å². The van der Waals surface area contributed by atoms with Crippen LogP contribution in [0.3, 0.4) is 0 Å². The molecular weight excluding hydrogens is 376 g/mol. The molecule has 0 fully saturated rings. The first-order chi connectivity index (χ1) is 14.6. The van der Waals surface area contributed by atoms with E-state index in [9.17, 15) is 9.59 Å². The minimum Gasteiger partial charge on any atom is -0.461 e. The normalized spacial score (nSPS) is 11.0. The Labute approximate surface area is 175 Å². The summed E-state index contributed by atoms with van der Waals surface area (Å²) in [6.07, 6.45) is 2.45. The maximum atomic E-state index is 13.1. The Hall–Kier alpha value is -3.60. The number of benzene rings is 2. The molecule has 2 heterocycles. The number of hydrogen-bond donors (Lipinski definition) is 0. The number of hydrogen-bond acceptors (Lipinski definition) is 3. The molecule has 4 rings (SSSR count). The Morgan fingerprint density at radius 2 is 1.73 bits per heavy atom. The fourth-order valence-corrected chi connectivity index (χ4v) is 3.73. The molecule has 0 aliphatic carbocycles. The molecule has 0 spiro atoms. The molecule has 0 saturated carbocycles. The smallest absolute Gasteiger partial charge is 0.263 e. The van der Waals surface area contributed by atoms with E-state index in [-0.39, 0.29) is 17.0 Å². The Kier molecular flexibility index (Phi) is 5.53. The predicted octanol–water partition coefficient (Wildman–Crippen LogP) is 4.48. The van der Waals surface area contributed by atoms with E-state index in [0.29, 0.717) is 13.1 Å². The Morgan fingerprint density at radius 3 is 2.50 bits per heavy atom. The summed E-state index contributed by atoms with van der Waals surface area (Å²) >= 11 is 0.